The number of halogens is 1. The van der Waals surface area contributed by atoms with Crippen LogP contribution >= 0.6 is 11.6 Å². The second-order valence-electron chi connectivity index (χ2n) is 6.35. The minimum absolute atomic E-state index is 0.0827. The van der Waals surface area contributed by atoms with Crippen molar-refractivity contribution >= 4 is 29.2 Å². The largest absolute Gasteiger partial charge is 0.496 e. The first-order valence-corrected chi connectivity index (χ1v) is 9.42. The van der Waals surface area contributed by atoms with Gasteiger partial charge in [-0.15, -0.1) is 0 Å². The van der Waals surface area contributed by atoms with Gasteiger partial charge in [-0.3, -0.25) is 9.79 Å². The maximum atomic E-state index is 12.2. The van der Waals surface area contributed by atoms with Gasteiger partial charge in [0.2, 0.25) is 5.91 Å². The summed E-state index contributed by atoms with van der Waals surface area (Å²) in [5, 5.41) is 6.74. The van der Waals surface area contributed by atoms with E-state index in [2.05, 4.69) is 15.6 Å². The number of benzene rings is 2. The second kappa shape index (κ2) is 10.6. The molecular weight excluding hydrogens is 376 g/mol. The molecule has 2 rings (SSSR count). The number of methoxy groups -OCH3 is 1. The average molecular weight is 403 g/mol. The summed E-state index contributed by atoms with van der Waals surface area (Å²) >= 11 is 6.09. The fourth-order valence-corrected chi connectivity index (χ4v) is 2.97. The Labute approximate surface area is 171 Å². The van der Waals surface area contributed by atoms with Crippen LogP contribution in [0.25, 0.3) is 0 Å². The number of rotatable bonds is 7. The number of amides is 1. The molecular formula is C21H27ClN4O2. The molecule has 0 radical (unpaired) electrons. The van der Waals surface area contributed by atoms with Gasteiger partial charge < -0.3 is 20.3 Å². The predicted octanol–water partition coefficient (Wildman–Crippen LogP) is 3.69. The molecule has 0 bridgehead atoms. The third-order valence-corrected chi connectivity index (χ3v) is 4.76. The van der Waals surface area contributed by atoms with Crippen molar-refractivity contribution in [1.29, 1.82) is 0 Å². The highest BCUT2D eigenvalue weighted by Gasteiger charge is 2.11. The van der Waals surface area contributed by atoms with Gasteiger partial charge in [-0.05, 0) is 30.7 Å². The Bertz CT molecular complexity index is 839. The number of nitrogens with zero attached hydrogens (tertiary/aromatic N) is 2. The summed E-state index contributed by atoms with van der Waals surface area (Å²) in [6.45, 7) is 2.98. The van der Waals surface area contributed by atoms with Crippen LogP contribution in [-0.4, -0.2) is 44.5 Å². The maximum Gasteiger partial charge on any atom is 0.226 e. The van der Waals surface area contributed by atoms with Crippen molar-refractivity contribution in [2.45, 2.75) is 19.9 Å². The molecule has 0 saturated heterocycles. The molecule has 0 aliphatic rings. The fraction of sp³-hybridized carbons (Fsp3) is 0.333. The predicted molar refractivity (Wildman–Crippen MR) is 115 cm³/mol. The summed E-state index contributed by atoms with van der Waals surface area (Å²) < 4.78 is 5.40. The highest BCUT2D eigenvalue weighted by atomic mass is 35.5. The summed E-state index contributed by atoms with van der Waals surface area (Å²) in [4.78, 5) is 18.5. The third-order valence-electron chi connectivity index (χ3n) is 4.35. The lowest BCUT2D eigenvalue weighted by molar-refractivity contribution is -0.116. The highest BCUT2D eigenvalue weighted by molar-refractivity contribution is 6.31. The van der Waals surface area contributed by atoms with E-state index >= 15 is 0 Å². The second-order valence-corrected chi connectivity index (χ2v) is 6.76. The van der Waals surface area contributed by atoms with Gasteiger partial charge in [0.05, 0.1) is 7.11 Å². The zero-order chi connectivity index (χ0) is 20.5. The van der Waals surface area contributed by atoms with E-state index in [4.69, 9.17) is 16.3 Å². The zero-order valence-electron chi connectivity index (χ0n) is 16.8. The Morgan fingerprint density at radius 2 is 1.96 bits per heavy atom. The van der Waals surface area contributed by atoms with Crippen LogP contribution in [0.3, 0.4) is 0 Å². The molecule has 0 aromatic heterocycles. The molecule has 0 aliphatic heterocycles. The summed E-state index contributed by atoms with van der Waals surface area (Å²) in [5.74, 6) is 1.46. The molecule has 2 N–H and O–H groups in total. The molecule has 6 nitrogen and oxygen atoms in total. The molecule has 0 unspecified atom stereocenters. The number of carbonyl (C=O) groups is 1. The Morgan fingerprint density at radius 3 is 2.68 bits per heavy atom. The quantitative estimate of drug-likeness (QED) is 0.547. The number of hydrogen-bond donors (Lipinski definition) is 2. The molecule has 0 spiro atoms. The van der Waals surface area contributed by atoms with E-state index < -0.39 is 0 Å². The Hall–Kier alpha value is -2.73. The minimum atomic E-state index is -0.0827. The molecule has 0 heterocycles. The van der Waals surface area contributed by atoms with Crippen LogP contribution in [0.15, 0.2) is 47.5 Å². The number of nitrogens with one attached hydrogen (secondary N) is 2. The van der Waals surface area contributed by atoms with Gasteiger partial charge in [-0.2, -0.15) is 0 Å². The van der Waals surface area contributed by atoms with Crippen LogP contribution < -0.4 is 15.4 Å². The van der Waals surface area contributed by atoms with Gasteiger partial charge in [-0.25, -0.2) is 0 Å². The molecule has 150 valence electrons. The Morgan fingerprint density at radius 1 is 1.21 bits per heavy atom. The standard InChI is InChI=1S/C21H27ClN4O2/c1-15-17(22)9-7-10-18(15)25-20(27)12-13-24-21(23-2)26(3)14-16-8-5-6-11-19(16)28-4/h5-11H,12-14H2,1-4H3,(H,23,24)(H,25,27). The van der Waals surface area contributed by atoms with Crippen LogP contribution in [0.4, 0.5) is 5.69 Å². The van der Waals surface area contributed by atoms with Crippen molar-refractivity contribution in [3.8, 4) is 5.75 Å². The number of aliphatic imine (C=N–C) groups is 1. The van der Waals surface area contributed by atoms with E-state index in [9.17, 15) is 4.79 Å². The molecule has 0 aliphatic carbocycles. The van der Waals surface area contributed by atoms with Crippen molar-refractivity contribution in [2.75, 3.05) is 33.1 Å². The SMILES string of the molecule is CN=C(NCCC(=O)Nc1cccc(Cl)c1C)N(C)Cc1ccccc1OC. The number of carbonyl (C=O) groups excluding carboxylic acids is 1. The van der Waals surface area contributed by atoms with E-state index in [-0.39, 0.29) is 5.91 Å². The fourth-order valence-electron chi connectivity index (χ4n) is 2.79. The summed E-state index contributed by atoms with van der Waals surface area (Å²) in [5.41, 5.74) is 2.65. The summed E-state index contributed by atoms with van der Waals surface area (Å²) in [6.07, 6.45) is 0.313. The van der Waals surface area contributed by atoms with Gasteiger partial charge >= 0.3 is 0 Å². The van der Waals surface area contributed by atoms with Gasteiger partial charge in [-0.1, -0.05) is 35.9 Å². The molecule has 0 atom stereocenters. The monoisotopic (exact) mass is 402 g/mol. The maximum absolute atomic E-state index is 12.2. The van der Waals surface area contributed by atoms with E-state index in [0.29, 0.717) is 30.5 Å². The topological polar surface area (TPSA) is 66.0 Å². The average Bonchev–Trinajstić information content (AvgIpc) is 2.69. The lowest BCUT2D eigenvalue weighted by Crippen LogP contribution is -2.39. The molecule has 2 aromatic carbocycles. The van der Waals surface area contributed by atoms with Crippen molar-refractivity contribution in [3.63, 3.8) is 0 Å². The van der Waals surface area contributed by atoms with Crippen molar-refractivity contribution in [3.05, 3.63) is 58.6 Å². The van der Waals surface area contributed by atoms with Crippen LogP contribution in [0, 0.1) is 6.92 Å². The van der Waals surface area contributed by atoms with Crippen LogP contribution in [-0.2, 0) is 11.3 Å². The number of hydrogen-bond acceptors (Lipinski definition) is 3. The first kappa shape index (κ1) is 21.6. The van der Waals surface area contributed by atoms with Crippen molar-refractivity contribution < 1.29 is 9.53 Å². The normalized spacial score (nSPS) is 11.1. The van der Waals surface area contributed by atoms with E-state index in [0.717, 1.165) is 22.6 Å². The number of anilines is 1. The third kappa shape index (κ3) is 5.89. The van der Waals surface area contributed by atoms with Gasteiger partial charge in [0, 0.05) is 49.9 Å². The van der Waals surface area contributed by atoms with Crippen molar-refractivity contribution in [1.82, 2.24) is 10.2 Å². The number of ether oxygens (including phenoxy) is 1. The first-order valence-electron chi connectivity index (χ1n) is 9.05. The molecule has 0 saturated carbocycles. The number of para-hydroxylation sites is 1. The highest BCUT2D eigenvalue weighted by Crippen LogP contribution is 2.23. The first-order chi connectivity index (χ1) is 13.5. The lowest BCUT2D eigenvalue weighted by atomic mass is 10.2. The molecule has 1 amide bonds. The smallest absolute Gasteiger partial charge is 0.226 e. The molecule has 7 heteroatoms. The Kier molecular flexibility index (Phi) is 8.14. The van der Waals surface area contributed by atoms with Crippen LogP contribution in [0.2, 0.25) is 5.02 Å². The van der Waals surface area contributed by atoms with Gasteiger partial charge in [0.1, 0.15) is 5.75 Å². The molecule has 2 aromatic rings. The van der Waals surface area contributed by atoms with E-state index in [1.807, 2.05) is 55.3 Å². The van der Waals surface area contributed by atoms with Crippen LogP contribution in [0.1, 0.15) is 17.5 Å². The summed E-state index contributed by atoms with van der Waals surface area (Å²) in [6, 6.07) is 13.3. The van der Waals surface area contributed by atoms with Gasteiger partial charge in [0.15, 0.2) is 5.96 Å². The zero-order valence-corrected chi connectivity index (χ0v) is 17.5. The van der Waals surface area contributed by atoms with Crippen LogP contribution in [0.5, 0.6) is 5.75 Å². The molecule has 28 heavy (non-hydrogen) atoms. The molecule has 0 fully saturated rings. The van der Waals surface area contributed by atoms with E-state index in [1.54, 1.807) is 20.2 Å². The summed E-state index contributed by atoms with van der Waals surface area (Å²) in [7, 11) is 5.32. The van der Waals surface area contributed by atoms with E-state index in [1.165, 1.54) is 0 Å². The van der Waals surface area contributed by atoms with Crippen molar-refractivity contribution in [2.24, 2.45) is 4.99 Å². The lowest BCUT2D eigenvalue weighted by Gasteiger charge is -2.23. The Balaban J connectivity index is 1.86. The number of guanidine groups is 1. The van der Waals surface area contributed by atoms with Gasteiger partial charge in [0.25, 0.3) is 0 Å². The minimum Gasteiger partial charge on any atom is -0.496 e.